The van der Waals surface area contributed by atoms with Gasteiger partial charge in [0.05, 0.1) is 23.4 Å². The second-order valence-electron chi connectivity index (χ2n) is 8.47. The predicted octanol–water partition coefficient (Wildman–Crippen LogP) is 4.48. The standard InChI is InChI=1S/C24H22ClF4N5O2.ClH/c1-32(2)34-22(36)17-13-33(21(35)15-4-6-16(25)7-5-15)10-9-20(17)31-23(34)30-12-14-3-8-18(19(26)11-14)24(27,28)29;/h3-8,11H,9-10,12-13H2,1-2H3,(H,30,31);1H. The summed E-state index contributed by atoms with van der Waals surface area (Å²) in [6, 6.07) is 9.11. The summed E-state index contributed by atoms with van der Waals surface area (Å²) in [7, 11) is 3.25. The number of nitrogens with zero attached hydrogens (tertiary/aromatic N) is 4. The van der Waals surface area contributed by atoms with Gasteiger partial charge in [-0.1, -0.05) is 17.7 Å². The number of alkyl halides is 3. The van der Waals surface area contributed by atoms with Crippen LogP contribution in [0.3, 0.4) is 0 Å². The Kier molecular flexibility index (Phi) is 8.38. The first-order valence-corrected chi connectivity index (χ1v) is 11.3. The fourth-order valence-corrected chi connectivity index (χ4v) is 4.11. The molecule has 4 rings (SSSR count). The van der Waals surface area contributed by atoms with Crippen LogP contribution in [-0.4, -0.2) is 41.1 Å². The van der Waals surface area contributed by atoms with Crippen molar-refractivity contribution in [3.05, 3.63) is 91.6 Å². The molecule has 2 aromatic carbocycles. The Morgan fingerprint density at radius 1 is 1.16 bits per heavy atom. The number of carbonyl (C=O) groups is 1. The number of hydrogen-bond donors (Lipinski definition) is 1. The molecule has 1 aliphatic heterocycles. The van der Waals surface area contributed by atoms with E-state index in [1.165, 1.54) is 9.69 Å². The zero-order chi connectivity index (χ0) is 26.2. The third kappa shape index (κ3) is 5.99. The van der Waals surface area contributed by atoms with Gasteiger partial charge >= 0.3 is 6.18 Å². The molecule has 0 unspecified atom stereocenters. The van der Waals surface area contributed by atoms with E-state index < -0.39 is 17.6 Å². The lowest BCUT2D eigenvalue weighted by atomic mass is 10.1. The molecule has 7 nitrogen and oxygen atoms in total. The number of rotatable bonds is 5. The van der Waals surface area contributed by atoms with Gasteiger partial charge in [0.25, 0.3) is 11.5 Å². The van der Waals surface area contributed by atoms with Crippen molar-refractivity contribution in [2.24, 2.45) is 0 Å². The first kappa shape index (κ1) is 28.3. The number of nitrogens with one attached hydrogen (secondary N) is 1. The molecule has 13 heteroatoms. The van der Waals surface area contributed by atoms with E-state index in [1.54, 1.807) is 43.3 Å². The molecule has 0 bridgehead atoms. The highest BCUT2D eigenvalue weighted by Crippen LogP contribution is 2.31. The summed E-state index contributed by atoms with van der Waals surface area (Å²) in [5, 5.41) is 4.92. The second kappa shape index (κ2) is 11.0. The van der Waals surface area contributed by atoms with E-state index in [4.69, 9.17) is 11.6 Å². The Balaban J connectivity index is 0.00000380. The summed E-state index contributed by atoms with van der Waals surface area (Å²) < 4.78 is 53.7. The van der Waals surface area contributed by atoms with Crippen LogP contribution < -0.4 is 15.9 Å². The lowest BCUT2D eigenvalue weighted by Crippen LogP contribution is -2.45. The number of amides is 1. The zero-order valence-electron chi connectivity index (χ0n) is 19.8. The largest absolute Gasteiger partial charge is 0.419 e. The van der Waals surface area contributed by atoms with Crippen LogP contribution in [0.5, 0.6) is 0 Å². The lowest BCUT2D eigenvalue weighted by molar-refractivity contribution is -0.140. The molecule has 0 saturated heterocycles. The molecule has 1 aromatic heterocycles. The maximum absolute atomic E-state index is 13.9. The van der Waals surface area contributed by atoms with Crippen molar-refractivity contribution in [3.63, 3.8) is 0 Å². The van der Waals surface area contributed by atoms with Crippen LogP contribution in [0.25, 0.3) is 0 Å². The fourth-order valence-electron chi connectivity index (χ4n) is 3.98. The molecule has 0 radical (unpaired) electrons. The maximum Gasteiger partial charge on any atom is 0.419 e. The Bertz CT molecular complexity index is 1360. The first-order chi connectivity index (χ1) is 17.0. The molecule has 1 amide bonds. The minimum atomic E-state index is -4.79. The van der Waals surface area contributed by atoms with Crippen LogP contribution in [-0.2, 0) is 25.7 Å². The van der Waals surface area contributed by atoms with Gasteiger partial charge in [-0.05, 0) is 42.0 Å². The average molecular weight is 560 g/mol. The molecule has 1 N–H and O–H groups in total. The van der Waals surface area contributed by atoms with Crippen LogP contribution in [0.4, 0.5) is 23.5 Å². The van der Waals surface area contributed by atoms with Gasteiger partial charge in [0.2, 0.25) is 5.95 Å². The van der Waals surface area contributed by atoms with Gasteiger partial charge in [-0.15, -0.1) is 12.4 Å². The number of hydrogen-bond acceptors (Lipinski definition) is 5. The Labute approximate surface area is 221 Å². The number of carbonyl (C=O) groups excluding carboxylic acids is 1. The molecule has 0 fully saturated rings. The lowest BCUT2D eigenvalue weighted by Gasteiger charge is -2.30. The predicted molar refractivity (Wildman–Crippen MR) is 134 cm³/mol. The molecular formula is C24H23Cl2F4N5O2. The van der Waals surface area contributed by atoms with Crippen molar-refractivity contribution < 1.29 is 22.4 Å². The number of benzene rings is 2. The van der Waals surface area contributed by atoms with E-state index >= 15 is 0 Å². The summed E-state index contributed by atoms with van der Waals surface area (Å²) in [5.74, 6) is -1.46. The molecule has 0 atom stereocenters. The van der Waals surface area contributed by atoms with Gasteiger partial charge in [0.15, 0.2) is 0 Å². The van der Waals surface area contributed by atoms with Crippen LogP contribution in [0.2, 0.25) is 5.02 Å². The zero-order valence-corrected chi connectivity index (χ0v) is 21.3. The highest BCUT2D eigenvalue weighted by molar-refractivity contribution is 6.30. The van der Waals surface area contributed by atoms with E-state index in [1.807, 2.05) is 0 Å². The van der Waals surface area contributed by atoms with Crippen molar-refractivity contribution in [1.29, 1.82) is 0 Å². The van der Waals surface area contributed by atoms with Crippen LogP contribution in [0.15, 0.2) is 47.3 Å². The third-order valence-corrected chi connectivity index (χ3v) is 6.03. The molecule has 1 aliphatic rings. The minimum Gasteiger partial charge on any atom is -0.350 e. The highest BCUT2D eigenvalue weighted by Gasteiger charge is 2.34. The Hall–Kier alpha value is -3.31. The normalized spacial score (nSPS) is 13.0. The van der Waals surface area contributed by atoms with Crippen molar-refractivity contribution in [2.75, 3.05) is 31.0 Å². The SMILES string of the molecule is CN(C)n1c(NCc2ccc(C(F)(F)F)c(F)c2)nc2c(c1=O)CN(C(=O)c1ccc(Cl)cc1)CC2.Cl. The van der Waals surface area contributed by atoms with Gasteiger partial charge in [-0.2, -0.15) is 17.8 Å². The summed E-state index contributed by atoms with van der Waals surface area (Å²) in [4.78, 5) is 32.4. The van der Waals surface area contributed by atoms with E-state index in [2.05, 4.69) is 10.3 Å². The van der Waals surface area contributed by atoms with Crippen molar-refractivity contribution in [1.82, 2.24) is 14.6 Å². The molecule has 0 aliphatic carbocycles. The van der Waals surface area contributed by atoms with Gasteiger partial charge in [0, 0.05) is 44.2 Å². The summed E-state index contributed by atoms with van der Waals surface area (Å²) >= 11 is 5.90. The number of anilines is 1. The van der Waals surface area contributed by atoms with E-state index in [9.17, 15) is 27.2 Å². The van der Waals surface area contributed by atoms with Gasteiger partial charge in [-0.3, -0.25) is 9.59 Å². The van der Waals surface area contributed by atoms with E-state index in [0.29, 0.717) is 40.9 Å². The number of aromatic nitrogens is 2. The molecule has 198 valence electrons. The molecule has 37 heavy (non-hydrogen) atoms. The molecule has 3 aromatic rings. The monoisotopic (exact) mass is 559 g/mol. The molecular weight excluding hydrogens is 537 g/mol. The second-order valence-corrected chi connectivity index (χ2v) is 8.91. The van der Waals surface area contributed by atoms with Crippen molar-refractivity contribution in [3.8, 4) is 0 Å². The number of halogens is 6. The third-order valence-electron chi connectivity index (χ3n) is 5.78. The molecule has 0 saturated carbocycles. The minimum absolute atomic E-state index is 0. The summed E-state index contributed by atoms with van der Waals surface area (Å²) in [6.45, 7) is 0.354. The molecule has 2 heterocycles. The van der Waals surface area contributed by atoms with Crippen molar-refractivity contribution >= 4 is 35.9 Å². The maximum atomic E-state index is 13.9. The average Bonchev–Trinajstić information content (AvgIpc) is 2.81. The van der Waals surface area contributed by atoms with Crippen LogP contribution in [0.1, 0.15) is 32.7 Å². The van der Waals surface area contributed by atoms with Crippen LogP contribution >= 0.6 is 24.0 Å². The first-order valence-electron chi connectivity index (χ1n) is 10.9. The summed E-state index contributed by atoms with van der Waals surface area (Å²) in [5.41, 5.74) is -0.160. The van der Waals surface area contributed by atoms with Crippen LogP contribution in [0, 0.1) is 5.82 Å². The molecule has 0 spiro atoms. The highest BCUT2D eigenvalue weighted by atomic mass is 35.5. The Morgan fingerprint density at radius 2 is 1.84 bits per heavy atom. The topological polar surface area (TPSA) is 70.5 Å². The Morgan fingerprint density at radius 3 is 2.43 bits per heavy atom. The van der Waals surface area contributed by atoms with Crippen molar-refractivity contribution in [2.45, 2.75) is 25.7 Å². The number of fused-ring (bicyclic) bond motifs is 1. The van der Waals surface area contributed by atoms with Gasteiger partial charge < -0.3 is 15.2 Å². The quantitative estimate of drug-likeness (QED) is 0.466. The summed E-state index contributed by atoms with van der Waals surface area (Å²) in [6.07, 6.45) is -4.45. The fraction of sp³-hybridized carbons (Fsp3) is 0.292. The van der Waals surface area contributed by atoms with E-state index in [-0.39, 0.29) is 48.5 Å². The van der Waals surface area contributed by atoms with Gasteiger partial charge in [0.1, 0.15) is 5.82 Å². The van der Waals surface area contributed by atoms with Gasteiger partial charge in [-0.25, -0.2) is 9.37 Å². The van der Waals surface area contributed by atoms with E-state index in [0.717, 1.165) is 12.1 Å². The smallest absolute Gasteiger partial charge is 0.350 e.